The number of aliphatic imine (C=N–C) groups is 1. The summed E-state index contributed by atoms with van der Waals surface area (Å²) in [6.07, 6.45) is 2.95. The molecule has 0 bridgehead atoms. The van der Waals surface area contributed by atoms with Crippen molar-refractivity contribution < 1.29 is 4.74 Å². The number of rotatable bonds is 8. The highest BCUT2D eigenvalue weighted by Crippen LogP contribution is 2.08. The zero-order chi connectivity index (χ0) is 17.2. The molecule has 0 spiro atoms. The fourth-order valence-electron chi connectivity index (χ4n) is 2.40. The van der Waals surface area contributed by atoms with Gasteiger partial charge in [-0.1, -0.05) is 18.2 Å². The minimum Gasteiger partial charge on any atom is -0.494 e. The highest BCUT2D eigenvalue weighted by Gasteiger charge is 2.07. The van der Waals surface area contributed by atoms with E-state index in [2.05, 4.69) is 54.1 Å². The van der Waals surface area contributed by atoms with Gasteiger partial charge in [0, 0.05) is 45.5 Å². The zero-order valence-electron chi connectivity index (χ0n) is 14.9. The molecule has 0 amide bonds. The van der Waals surface area contributed by atoms with Crippen LogP contribution in [0.15, 0.2) is 53.7 Å². The molecule has 1 aromatic heterocycles. The highest BCUT2D eigenvalue weighted by atomic mass is 16.5. The van der Waals surface area contributed by atoms with Crippen molar-refractivity contribution in [3.8, 4) is 5.75 Å². The van der Waals surface area contributed by atoms with E-state index in [0.29, 0.717) is 6.61 Å². The molecule has 24 heavy (non-hydrogen) atoms. The third-order valence-corrected chi connectivity index (χ3v) is 3.72. The van der Waals surface area contributed by atoms with Crippen molar-refractivity contribution in [2.75, 3.05) is 26.7 Å². The second kappa shape index (κ2) is 9.65. The summed E-state index contributed by atoms with van der Waals surface area (Å²) in [5.41, 5.74) is 1.26. The van der Waals surface area contributed by atoms with Gasteiger partial charge in [0.25, 0.3) is 0 Å². The molecular formula is C19H28N4O. The topological polar surface area (TPSA) is 41.8 Å². The minimum atomic E-state index is 0.675. The zero-order valence-corrected chi connectivity index (χ0v) is 14.9. The third-order valence-electron chi connectivity index (χ3n) is 3.72. The second-order valence-electron chi connectivity index (χ2n) is 5.72. The molecule has 2 aromatic rings. The van der Waals surface area contributed by atoms with Crippen LogP contribution in [0.2, 0.25) is 0 Å². The molecule has 1 heterocycles. The lowest BCUT2D eigenvalue weighted by Gasteiger charge is -2.22. The van der Waals surface area contributed by atoms with Crippen LogP contribution in [-0.2, 0) is 13.6 Å². The maximum atomic E-state index is 5.70. The van der Waals surface area contributed by atoms with E-state index in [0.717, 1.165) is 37.8 Å². The molecular weight excluding hydrogens is 300 g/mol. The van der Waals surface area contributed by atoms with Crippen molar-refractivity contribution in [1.82, 2.24) is 14.8 Å². The number of nitrogens with zero attached hydrogens (tertiary/aromatic N) is 3. The van der Waals surface area contributed by atoms with Crippen molar-refractivity contribution in [3.63, 3.8) is 0 Å². The first kappa shape index (κ1) is 17.9. The monoisotopic (exact) mass is 328 g/mol. The Kier molecular flexibility index (Phi) is 7.21. The normalized spacial score (nSPS) is 11.4. The van der Waals surface area contributed by atoms with Crippen molar-refractivity contribution in [1.29, 1.82) is 0 Å². The van der Waals surface area contributed by atoms with E-state index in [1.165, 1.54) is 5.69 Å². The number of para-hydroxylation sites is 1. The highest BCUT2D eigenvalue weighted by molar-refractivity contribution is 5.79. The van der Waals surface area contributed by atoms with Gasteiger partial charge in [0.05, 0.1) is 13.2 Å². The van der Waals surface area contributed by atoms with E-state index < -0.39 is 0 Å². The maximum Gasteiger partial charge on any atom is 0.194 e. The average Bonchev–Trinajstić information content (AvgIpc) is 2.99. The van der Waals surface area contributed by atoms with E-state index in [9.17, 15) is 0 Å². The van der Waals surface area contributed by atoms with Crippen molar-refractivity contribution in [2.45, 2.75) is 19.9 Å². The molecule has 0 radical (unpaired) electrons. The Balaban J connectivity index is 1.80. The van der Waals surface area contributed by atoms with Crippen molar-refractivity contribution >= 4 is 5.96 Å². The fourth-order valence-corrected chi connectivity index (χ4v) is 2.40. The Morgan fingerprint density at radius 3 is 2.67 bits per heavy atom. The van der Waals surface area contributed by atoms with Crippen molar-refractivity contribution in [3.05, 3.63) is 54.4 Å². The number of aryl methyl sites for hydroxylation is 1. The first-order chi connectivity index (χ1) is 11.7. The van der Waals surface area contributed by atoms with E-state index in [1.807, 2.05) is 30.3 Å². The molecule has 0 aliphatic carbocycles. The molecule has 0 saturated heterocycles. The summed E-state index contributed by atoms with van der Waals surface area (Å²) in [5.74, 6) is 1.84. The van der Waals surface area contributed by atoms with Crippen LogP contribution in [0.4, 0.5) is 0 Å². The Bertz CT molecular complexity index is 621. The van der Waals surface area contributed by atoms with Gasteiger partial charge < -0.3 is 19.5 Å². The summed E-state index contributed by atoms with van der Waals surface area (Å²) in [4.78, 5) is 6.85. The molecule has 0 fully saturated rings. The maximum absolute atomic E-state index is 5.70. The number of benzene rings is 1. The molecule has 0 unspecified atom stereocenters. The summed E-state index contributed by atoms with van der Waals surface area (Å²) in [7, 11) is 4.13. The minimum absolute atomic E-state index is 0.675. The molecule has 130 valence electrons. The summed E-state index contributed by atoms with van der Waals surface area (Å²) in [5, 5.41) is 3.35. The summed E-state index contributed by atoms with van der Waals surface area (Å²) in [6.45, 7) is 5.19. The fraction of sp³-hybridized carbons (Fsp3) is 0.421. The molecule has 0 atom stereocenters. The molecule has 0 aliphatic heterocycles. The predicted octanol–water partition coefficient (Wildman–Crippen LogP) is 2.89. The SMILES string of the molecule is CCNC(=NCCCOc1ccccc1)N(C)Cc1cccn1C. The van der Waals surface area contributed by atoms with Gasteiger partial charge in [-0.2, -0.15) is 0 Å². The predicted molar refractivity (Wildman–Crippen MR) is 99.4 cm³/mol. The van der Waals surface area contributed by atoms with Crippen molar-refractivity contribution in [2.24, 2.45) is 12.0 Å². The molecule has 2 rings (SSSR count). The summed E-state index contributed by atoms with van der Waals surface area (Å²) >= 11 is 0. The van der Waals surface area contributed by atoms with Crippen LogP contribution in [0.1, 0.15) is 19.0 Å². The van der Waals surface area contributed by atoms with Crippen LogP contribution in [-0.4, -0.2) is 42.2 Å². The average molecular weight is 328 g/mol. The molecule has 0 saturated carbocycles. The van der Waals surface area contributed by atoms with E-state index in [-0.39, 0.29) is 0 Å². The van der Waals surface area contributed by atoms with E-state index >= 15 is 0 Å². The Hall–Kier alpha value is -2.43. The second-order valence-corrected chi connectivity index (χ2v) is 5.72. The van der Waals surface area contributed by atoms with Crippen LogP contribution in [0.25, 0.3) is 0 Å². The largest absolute Gasteiger partial charge is 0.494 e. The number of hydrogen-bond acceptors (Lipinski definition) is 2. The molecule has 1 N–H and O–H groups in total. The first-order valence-electron chi connectivity index (χ1n) is 8.48. The molecule has 0 aliphatic rings. The van der Waals surface area contributed by atoms with Crippen LogP contribution in [0, 0.1) is 0 Å². The van der Waals surface area contributed by atoms with Gasteiger partial charge in [-0.25, -0.2) is 0 Å². The number of nitrogens with one attached hydrogen (secondary N) is 1. The third kappa shape index (κ3) is 5.65. The number of hydrogen-bond donors (Lipinski definition) is 1. The Morgan fingerprint density at radius 1 is 1.21 bits per heavy atom. The van der Waals surface area contributed by atoms with Gasteiger partial charge in [-0.3, -0.25) is 4.99 Å². The van der Waals surface area contributed by atoms with Gasteiger partial charge >= 0.3 is 0 Å². The van der Waals surface area contributed by atoms with Gasteiger partial charge in [0.2, 0.25) is 0 Å². The number of guanidine groups is 1. The lowest BCUT2D eigenvalue weighted by molar-refractivity contribution is 0.313. The number of aromatic nitrogens is 1. The Labute approximate surface area is 145 Å². The van der Waals surface area contributed by atoms with Crippen LogP contribution in [0.5, 0.6) is 5.75 Å². The van der Waals surface area contributed by atoms with Crippen LogP contribution in [0.3, 0.4) is 0 Å². The van der Waals surface area contributed by atoms with Gasteiger partial charge in [-0.15, -0.1) is 0 Å². The quantitative estimate of drug-likeness (QED) is 0.460. The lowest BCUT2D eigenvalue weighted by Crippen LogP contribution is -2.39. The van der Waals surface area contributed by atoms with E-state index in [4.69, 9.17) is 9.73 Å². The van der Waals surface area contributed by atoms with Crippen LogP contribution >= 0.6 is 0 Å². The van der Waals surface area contributed by atoms with Crippen LogP contribution < -0.4 is 10.1 Å². The van der Waals surface area contributed by atoms with Gasteiger partial charge in [-0.05, 0) is 31.2 Å². The summed E-state index contributed by atoms with van der Waals surface area (Å²) in [6, 6.07) is 14.1. The first-order valence-corrected chi connectivity index (χ1v) is 8.48. The lowest BCUT2D eigenvalue weighted by atomic mass is 10.3. The number of ether oxygens (including phenoxy) is 1. The standard InChI is InChI=1S/C19H28N4O/c1-4-20-19(23(3)16-17-10-8-14-22(17)2)21-13-9-15-24-18-11-6-5-7-12-18/h5-8,10-12,14H,4,9,13,15-16H2,1-3H3,(H,20,21). The molecule has 5 nitrogen and oxygen atoms in total. The molecule has 5 heteroatoms. The van der Waals surface area contributed by atoms with Gasteiger partial charge in [0.15, 0.2) is 5.96 Å². The molecule has 1 aromatic carbocycles. The van der Waals surface area contributed by atoms with E-state index in [1.54, 1.807) is 0 Å². The van der Waals surface area contributed by atoms with Gasteiger partial charge in [0.1, 0.15) is 5.75 Å². The summed E-state index contributed by atoms with van der Waals surface area (Å²) < 4.78 is 7.84. The Morgan fingerprint density at radius 2 is 2.00 bits per heavy atom. The smallest absolute Gasteiger partial charge is 0.194 e.